The zero-order valence-corrected chi connectivity index (χ0v) is 16.1. The van der Waals surface area contributed by atoms with Crippen LogP contribution in [0.25, 0.3) is 0 Å². The Bertz CT molecular complexity index is 226. The molecule has 132 valence electrons. The highest BCUT2D eigenvalue weighted by atomic mass is 15.2. The third kappa shape index (κ3) is 7.49. The van der Waals surface area contributed by atoms with E-state index in [9.17, 15) is 0 Å². The summed E-state index contributed by atoms with van der Waals surface area (Å²) in [5.74, 6) is 0. The van der Waals surface area contributed by atoms with Crippen molar-refractivity contribution in [2.45, 2.75) is 136 Å². The van der Waals surface area contributed by atoms with Crippen molar-refractivity contribution in [1.82, 2.24) is 4.90 Å². The summed E-state index contributed by atoms with van der Waals surface area (Å²) in [5, 5.41) is 0. The Kier molecular flexibility index (Phi) is 11.3. The Balaban J connectivity index is 2.35. The lowest BCUT2D eigenvalue weighted by atomic mass is 9.98. The lowest BCUT2D eigenvalue weighted by Crippen LogP contribution is -2.42. The fraction of sp³-hybridized carbons (Fsp3) is 1.00. The van der Waals surface area contributed by atoms with Gasteiger partial charge in [-0.2, -0.15) is 0 Å². The molecule has 1 heterocycles. The van der Waals surface area contributed by atoms with E-state index in [0.29, 0.717) is 0 Å². The van der Waals surface area contributed by atoms with Crippen LogP contribution in [-0.2, 0) is 0 Å². The van der Waals surface area contributed by atoms with Gasteiger partial charge in [-0.3, -0.25) is 4.90 Å². The molecule has 1 aliphatic heterocycles. The van der Waals surface area contributed by atoms with Crippen molar-refractivity contribution in [1.29, 1.82) is 0 Å². The molecule has 2 atom stereocenters. The third-order valence-corrected chi connectivity index (χ3v) is 5.72. The Labute approximate surface area is 141 Å². The summed E-state index contributed by atoms with van der Waals surface area (Å²) in [4.78, 5) is 2.89. The predicted octanol–water partition coefficient (Wildman–Crippen LogP) is 6.95. The molecule has 1 saturated heterocycles. The average molecular weight is 310 g/mol. The minimum atomic E-state index is 0.825. The van der Waals surface area contributed by atoms with E-state index in [-0.39, 0.29) is 0 Å². The van der Waals surface area contributed by atoms with Gasteiger partial charge in [0.1, 0.15) is 0 Å². The standard InChI is InChI=1S/C21H43N/c1-5-7-9-11-13-15-21(16-14-12-10-8-6-2)22-19(3)17-18-20(22)4/h19-21H,5-18H2,1-4H3. The van der Waals surface area contributed by atoms with Crippen LogP contribution in [0.5, 0.6) is 0 Å². The Morgan fingerprint density at radius 2 is 1.09 bits per heavy atom. The van der Waals surface area contributed by atoms with E-state index < -0.39 is 0 Å². The lowest BCUT2D eigenvalue weighted by molar-refractivity contribution is 0.124. The highest BCUT2D eigenvalue weighted by Crippen LogP contribution is 2.30. The van der Waals surface area contributed by atoms with Gasteiger partial charge in [0.05, 0.1) is 0 Å². The Morgan fingerprint density at radius 1 is 0.682 bits per heavy atom. The molecule has 0 N–H and O–H groups in total. The topological polar surface area (TPSA) is 3.24 Å². The normalized spacial score (nSPS) is 22.8. The van der Waals surface area contributed by atoms with Gasteiger partial charge < -0.3 is 0 Å². The van der Waals surface area contributed by atoms with Crippen molar-refractivity contribution in [2.24, 2.45) is 0 Å². The van der Waals surface area contributed by atoms with E-state index in [0.717, 1.165) is 18.1 Å². The summed E-state index contributed by atoms with van der Waals surface area (Å²) in [6.07, 6.45) is 20.0. The summed E-state index contributed by atoms with van der Waals surface area (Å²) >= 11 is 0. The fourth-order valence-corrected chi connectivity index (χ4v) is 4.34. The van der Waals surface area contributed by atoms with Gasteiger partial charge in [-0.1, -0.05) is 78.1 Å². The number of hydrogen-bond acceptors (Lipinski definition) is 1. The van der Waals surface area contributed by atoms with Crippen LogP contribution < -0.4 is 0 Å². The third-order valence-electron chi connectivity index (χ3n) is 5.72. The molecule has 0 saturated carbocycles. The van der Waals surface area contributed by atoms with E-state index in [1.54, 1.807) is 0 Å². The summed E-state index contributed by atoms with van der Waals surface area (Å²) in [6, 6.07) is 2.52. The number of hydrogen-bond donors (Lipinski definition) is 0. The van der Waals surface area contributed by atoms with Crippen LogP contribution in [0, 0.1) is 0 Å². The summed E-state index contributed by atoms with van der Waals surface area (Å²) in [7, 11) is 0. The van der Waals surface area contributed by atoms with Crippen molar-refractivity contribution in [2.75, 3.05) is 0 Å². The van der Waals surface area contributed by atoms with Gasteiger partial charge >= 0.3 is 0 Å². The van der Waals surface area contributed by atoms with E-state index in [1.807, 2.05) is 0 Å². The second kappa shape index (κ2) is 12.4. The molecule has 0 aliphatic carbocycles. The molecule has 22 heavy (non-hydrogen) atoms. The minimum absolute atomic E-state index is 0.825. The van der Waals surface area contributed by atoms with Gasteiger partial charge in [-0.05, 0) is 39.5 Å². The molecule has 2 unspecified atom stereocenters. The van der Waals surface area contributed by atoms with Crippen LogP contribution in [0.4, 0.5) is 0 Å². The maximum Gasteiger partial charge on any atom is 0.0101 e. The van der Waals surface area contributed by atoms with Gasteiger partial charge in [0.25, 0.3) is 0 Å². The monoisotopic (exact) mass is 309 g/mol. The van der Waals surface area contributed by atoms with Crippen LogP contribution in [0.3, 0.4) is 0 Å². The first kappa shape index (κ1) is 20.0. The fourth-order valence-electron chi connectivity index (χ4n) is 4.34. The van der Waals surface area contributed by atoms with Crippen LogP contribution in [0.15, 0.2) is 0 Å². The molecule has 1 fully saturated rings. The van der Waals surface area contributed by atoms with E-state index in [2.05, 4.69) is 32.6 Å². The second-order valence-electron chi connectivity index (χ2n) is 7.78. The number of likely N-dealkylation sites (tertiary alicyclic amines) is 1. The molecule has 0 aromatic heterocycles. The zero-order chi connectivity index (χ0) is 16.2. The number of nitrogens with zero attached hydrogens (tertiary/aromatic N) is 1. The number of unbranched alkanes of at least 4 members (excludes halogenated alkanes) is 8. The molecule has 0 bridgehead atoms. The first-order chi connectivity index (χ1) is 10.7. The van der Waals surface area contributed by atoms with E-state index >= 15 is 0 Å². The number of rotatable bonds is 13. The maximum absolute atomic E-state index is 2.89. The first-order valence-corrected chi connectivity index (χ1v) is 10.5. The van der Waals surface area contributed by atoms with Crippen LogP contribution in [-0.4, -0.2) is 23.0 Å². The van der Waals surface area contributed by atoms with Crippen molar-refractivity contribution in [3.8, 4) is 0 Å². The summed E-state index contributed by atoms with van der Waals surface area (Å²) < 4.78 is 0. The molecular formula is C21H43N. The molecule has 0 aromatic carbocycles. The highest BCUT2D eigenvalue weighted by molar-refractivity contribution is 4.87. The molecule has 1 rings (SSSR count). The molecule has 1 nitrogen and oxygen atoms in total. The SMILES string of the molecule is CCCCCCCC(CCCCCCC)N1C(C)CCC1C. The van der Waals surface area contributed by atoms with E-state index in [4.69, 9.17) is 0 Å². The zero-order valence-electron chi connectivity index (χ0n) is 16.1. The quantitative estimate of drug-likeness (QED) is 0.333. The molecule has 1 heteroatoms. The molecular weight excluding hydrogens is 266 g/mol. The van der Waals surface area contributed by atoms with Crippen molar-refractivity contribution in [3.05, 3.63) is 0 Å². The van der Waals surface area contributed by atoms with Gasteiger partial charge in [-0.15, -0.1) is 0 Å². The van der Waals surface area contributed by atoms with Crippen LogP contribution in [0.1, 0.15) is 118 Å². The average Bonchev–Trinajstić information content (AvgIpc) is 2.84. The van der Waals surface area contributed by atoms with Crippen LogP contribution >= 0.6 is 0 Å². The molecule has 0 amide bonds. The highest BCUT2D eigenvalue weighted by Gasteiger charge is 2.32. The second-order valence-corrected chi connectivity index (χ2v) is 7.78. The van der Waals surface area contributed by atoms with Crippen molar-refractivity contribution >= 4 is 0 Å². The molecule has 0 aromatic rings. The van der Waals surface area contributed by atoms with Crippen LogP contribution in [0.2, 0.25) is 0 Å². The summed E-state index contributed by atoms with van der Waals surface area (Å²) in [5.41, 5.74) is 0. The first-order valence-electron chi connectivity index (χ1n) is 10.5. The van der Waals surface area contributed by atoms with E-state index in [1.165, 1.54) is 89.9 Å². The van der Waals surface area contributed by atoms with Crippen molar-refractivity contribution < 1.29 is 0 Å². The maximum atomic E-state index is 2.89. The summed E-state index contributed by atoms with van der Waals surface area (Å²) in [6.45, 7) is 9.55. The molecule has 0 spiro atoms. The van der Waals surface area contributed by atoms with Gasteiger partial charge in [-0.25, -0.2) is 0 Å². The predicted molar refractivity (Wildman–Crippen MR) is 101 cm³/mol. The Hall–Kier alpha value is -0.0400. The molecule has 0 radical (unpaired) electrons. The Morgan fingerprint density at radius 3 is 1.50 bits per heavy atom. The smallest absolute Gasteiger partial charge is 0.0101 e. The van der Waals surface area contributed by atoms with Gasteiger partial charge in [0.2, 0.25) is 0 Å². The minimum Gasteiger partial charge on any atom is -0.295 e. The molecule has 1 aliphatic rings. The van der Waals surface area contributed by atoms with Crippen molar-refractivity contribution in [3.63, 3.8) is 0 Å². The lowest BCUT2D eigenvalue weighted by Gasteiger charge is -2.35. The van der Waals surface area contributed by atoms with Gasteiger partial charge in [0.15, 0.2) is 0 Å². The largest absolute Gasteiger partial charge is 0.295 e. The van der Waals surface area contributed by atoms with Gasteiger partial charge in [0, 0.05) is 18.1 Å².